The third-order valence-corrected chi connectivity index (χ3v) is 5.75. The normalized spacial score (nSPS) is 20.7. The van der Waals surface area contributed by atoms with Crippen molar-refractivity contribution in [1.82, 2.24) is 4.90 Å². The van der Waals surface area contributed by atoms with Crippen molar-refractivity contribution in [3.8, 4) is 0 Å². The van der Waals surface area contributed by atoms with Gasteiger partial charge in [-0.25, -0.2) is 0 Å². The Morgan fingerprint density at radius 1 is 1.38 bits per heavy atom. The van der Waals surface area contributed by atoms with Crippen molar-refractivity contribution >= 4 is 27.5 Å². The van der Waals surface area contributed by atoms with Crippen molar-refractivity contribution in [2.24, 2.45) is 11.1 Å². The lowest BCUT2D eigenvalue weighted by molar-refractivity contribution is 0.0967. The summed E-state index contributed by atoms with van der Waals surface area (Å²) in [5.41, 5.74) is 7.68. The third-order valence-electron chi connectivity index (χ3n) is 4.92. The maximum absolute atomic E-state index is 6.39. The molecule has 0 heterocycles. The molecule has 1 aromatic carbocycles. The second-order valence-electron chi connectivity index (χ2n) is 6.98. The van der Waals surface area contributed by atoms with E-state index in [9.17, 15) is 0 Å². The first-order chi connectivity index (χ1) is 9.84. The molecule has 1 fully saturated rings. The number of hydrogen-bond donors (Lipinski definition) is 1. The monoisotopic (exact) mass is 372 g/mol. The average Bonchev–Trinajstić information content (AvgIpc) is 2.43. The maximum atomic E-state index is 6.39. The second-order valence-corrected chi connectivity index (χ2v) is 8.30. The highest BCUT2D eigenvalue weighted by Gasteiger charge is 2.32. The van der Waals surface area contributed by atoms with Crippen LogP contribution in [-0.4, -0.2) is 24.5 Å². The van der Waals surface area contributed by atoms with E-state index in [0.717, 1.165) is 15.1 Å². The third kappa shape index (κ3) is 4.22. The molecule has 0 amide bonds. The van der Waals surface area contributed by atoms with Crippen molar-refractivity contribution in [2.75, 3.05) is 13.6 Å². The van der Waals surface area contributed by atoms with E-state index in [0.29, 0.717) is 18.0 Å². The van der Waals surface area contributed by atoms with E-state index in [1.807, 2.05) is 12.1 Å². The lowest BCUT2D eigenvalue weighted by atomic mass is 9.75. The van der Waals surface area contributed by atoms with Gasteiger partial charge in [0.2, 0.25) is 0 Å². The highest BCUT2D eigenvalue weighted by Crippen LogP contribution is 2.39. The Labute approximate surface area is 142 Å². The van der Waals surface area contributed by atoms with Crippen LogP contribution in [0.3, 0.4) is 0 Å². The summed E-state index contributed by atoms with van der Waals surface area (Å²) in [5, 5.41) is 0.802. The Kier molecular flexibility index (Phi) is 5.75. The quantitative estimate of drug-likeness (QED) is 0.804. The van der Waals surface area contributed by atoms with E-state index >= 15 is 0 Å². The number of halogens is 2. The number of benzene rings is 1. The van der Waals surface area contributed by atoms with Gasteiger partial charge in [-0.15, -0.1) is 0 Å². The largest absolute Gasteiger partial charge is 0.329 e. The fraction of sp³-hybridized carbons (Fsp3) is 0.647. The lowest BCUT2D eigenvalue weighted by Gasteiger charge is -2.41. The standard InChI is InChI=1S/C17H26BrClN2/c1-17(2)8-6-13(7-9-17)21(3)16(11-20)14-10-12(18)4-5-15(14)19/h4-5,10,13,16H,6-9,11,20H2,1-3H3. The fourth-order valence-corrected chi connectivity index (χ4v) is 3.95. The summed E-state index contributed by atoms with van der Waals surface area (Å²) in [5.74, 6) is 0. The molecule has 1 aliphatic rings. The molecular weight excluding hydrogens is 348 g/mol. The van der Waals surface area contributed by atoms with Gasteiger partial charge in [-0.1, -0.05) is 41.4 Å². The smallest absolute Gasteiger partial charge is 0.0485 e. The summed E-state index contributed by atoms with van der Waals surface area (Å²) in [6, 6.07) is 6.80. The highest BCUT2D eigenvalue weighted by molar-refractivity contribution is 9.10. The van der Waals surface area contributed by atoms with Crippen LogP contribution in [0, 0.1) is 5.41 Å². The molecule has 1 atom stereocenters. The fourth-order valence-electron chi connectivity index (χ4n) is 3.33. The minimum atomic E-state index is 0.182. The van der Waals surface area contributed by atoms with Gasteiger partial charge in [0.15, 0.2) is 0 Å². The van der Waals surface area contributed by atoms with Crippen LogP contribution in [0.25, 0.3) is 0 Å². The molecule has 0 radical (unpaired) electrons. The predicted octanol–water partition coefficient (Wildman–Crippen LogP) is 5.00. The maximum Gasteiger partial charge on any atom is 0.0485 e. The lowest BCUT2D eigenvalue weighted by Crippen LogP contribution is -2.41. The van der Waals surface area contributed by atoms with E-state index in [1.165, 1.54) is 25.7 Å². The van der Waals surface area contributed by atoms with Gasteiger partial charge in [-0.2, -0.15) is 0 Å². The number of hydrogen-bond acceptors (Lipinski definition) is 2. The van der Waals surface area contributed by atoms with Crippen LogP contribution < -0.4 is 5.73 Å². The minimum absolute atomic E-state index is 0.182. The van der Waals surface area contributed by atoms with E-state index < -0.39 is 0 Å². The van der Waals surface area contributed by atoms with Crippen molar-refractivity contribution in [1.29, 1.82) is 0 Å². The van der Waals surface area contributed by atoms with Crippen LogP contribution in [-0.2, 0) is 0 Å². The van der Waals surface area contributed by atoms with Gasteiger partial charge in [0.1, 0.15) is 0 Å². The molecule has 2 N–H and O–H groups in total. The summed E-state index contributed by atoms with van der Waals surface area (Å²) < 4.78 is 1.05. The van der Waals surface area contributed by atoms with Gasteiger partial charge in [-0.05, 0) is 61.9 Å². The second kappa shape index (κ2) is 6.99. The topological polar surface area (TPSA) is 29.3 Å². The zero-order chi connectivity index (χ0) is 15.6. The number of nitrogens with two attached hydrogens (primary N) is 1. The first kappa shape index (κ1) is 17.3. The van der Waals surface area contributed by atoms with E-state index in [-0.39, 0.29) is 6.04 Å². The average molecular weight is 374 g/mol. The molecule has 4 heteroatoms. The summed E-state index contributed by atoms with van der Waals surface area (Å²) in [4.78, 5) is 2.43. The van der Waals surface area contributed by atoms with E-state index in [1.54, 1.807) is 0 Å². The van der Waals surface area contributed by atoms with Crippen molar-refractivity contribution in [3.05, 3.63) is 33.3 Å². The molecule has 2 rings (SSSR count). The van der Waals surface area contributed by atoms with Crippen molar-refractivity contribution < 1.29 is 0 Å². The molecule has 0 bridgehead atoms. The van der Waals surface area contributed by atoms with Gasteiger partial charge in [0.25, 0.3) is 0 Å². The van der Waals surface area contributed by atoms with E-state index in [2.05, 4.69) is 47.8 Å². The molecule has 0 spiro atoms. The van der Waals surface area contributed by atoms with Crippen LogP contribution in [0.15, 0.2) is 22.7 Å². The Bertz CT molecular complexity index is 480. The van der Waals surface area contributed by atoms with Crippen LogP contribution in [0.4, 0.5) is 0 Å². The molecule has 1 saturated carbocycles. The molecular formula is C17H26BrClN2. The molecule has 1 aromatic rings. The minimum Gasteiger partial charge on any atom is -0.329 e. The zero-order valence-electron chi connectivity index (χ0n) is 13.2. The van der Waals surface area contributed by atoms with Crippen molar-refractivity contribution in [3.63, 3.8) is 0 Å². The first-order valence-corrected chi connectivity index (χ1v) is 8.88. The first-order valence-electron chi connectivity index (χ1n) is 7.71. The van der Waals surface area contributed by atoms with E-state index in [4.69, 9.17) is 17.3 Å². The summed E-state index contributed by atoms with van der Waals surface area (Å²) in [6.45, 7) is 5.33. The molecule has 2 nitrogen and oxygen atoms in total. The highest BCUT2D eigenvalue weighted by atomic mass is 79.9. The van der Waals surface area contributed by atoms with Crippen LogP contribution in [0.1, 0.15) is 51.1 Å². The Morgan fingerprint density at radius 3 is 2.57 bits per heavy atom. The number of likely N-dealkylation sites (N-methyl/N-ethyl adjacent to an activating group) is 1. The zero-order valence-corrected chi connectivity index (χ0v) is 15.5. The van der Waals surface area contributed by atoms with Gasteiger partial charge < -0.3 is 5.73 Å². The molecule has 1 aliphatic carbocycles. The van der Waals surface area contributed by atoms with Crippen LogP contribution in [0.2, 0.25) is 5.02 Å². The Morgan fingerprint density at radius 2 is 2.00 bits per heavy atom. The molecule has 0 saturated heterocycles. The van der Waals surface area contributed by atoms with Gasteiger partial charge in [0, 0.05) is 28.1 Å². The van der Waals surface area contributed by atoms with Gasteiger partial charge in [-0.3, -0.25) is 4.90 Å². The van der Waals surface area contributed by atoms with Gasteiger partial charge >= 0.3 is 0 Å². The van der Waals surface area contributed by atoms with Crippen LogP contribution in [0.5, 0.6) is 0 Å². The Hall–Kier alpha value is -0.0900. The molecule has 21 heavy (non-hydrogen) atoms. The SMILES string of the molecule is CN(C1CCC(C)(C)CC1)C(CN)c1cc(Br)ccc1Cl. The number of rotatable bonds is 4. The number of nitrogens with zero attached hydrogens (tertiary/aromatic N) is 1. The Balaban J connectivity index is 2.15. The summed E-state index contributed by atoms with van der Waals surface area (Å²) in [7, 11) is 2.19. The summed E-state index contributed by atoms with van der Waals surface area (Å²) in [6.07, 6.45) is 5.05. The van der Waals surface area contributed by atoms with Gasteiger partial charge in [0.05, 0.1) is 0 Å². The molecule has 0 aliphatic heterocycles. The molecule has 1 unspecified atom stereocenters. The molecule has 118 valence electrons. The van der Waals surface area contributed by atoms with Crippen molar-refractivity contribution in [2.45, 2.75) is 51.6 Å². The summed E-state index contributed by atoms with van der Waals surface area (Å²) >= 11 is 9.93. The van der Waals surface area contributed by atoms with Crippen LogP contribution >= 0.6 is 27.5 Å². The predicted molar refractivity (Wildman–Crippen MR) is 94.7 cm³/mol. The molecule has 0 aromatic heterocycles.